The quantitative estimate of drug-likeness (QED) is 0.387. The third-order valence-electron chi connectivity index (χ3n) is 4.97. The summed E-state index contributed by atoms with van der Waals surface area (Å²) in [5, 5.41) is 12.1. The smallest absolute Gasteiger partial charge is 0.308 e. The Hall–Kier alpha value is -3.50. The van der Waals surface area contributed by atoms with Crippen molar-refractivity contribution in [3.63, 3.8) is 0 Å². The standard InChI is InChI=1S/C21H16F6N4O/c22-20(23,24)13-5-3-12(4-6-13)17-18(16(30-31-17)11-1-2-11)29-19(32)28-15-9-7-14(8-10-15)21(25,26)27/h3-11H,1-2H2,(H,30,31)(H2,28,29,32). The van der Waals surface area contributed by atoms with E-state index in [1.54, 1.807) is 0 Å². The molecule has 3 aromatic rings. The van der Waals surface area contributed by atoms with Gasteiger partial charge in [-0.3, -0.25) is 5.10 Å². The Balaban J connectivity index is 1.55. The zero-order valence-electron chi connectivity index (χ0n) is 16.2. The number of nitrogens with one attached hydrogen (secondary N) is 3. The van der Waals surface area contributed by atoms with Crippen LogP contribution in [0.25, 0.3) is 11.3 Å². The Morgan fingerprint density at radius 3 is 1.88 bits per heavy atom. The fourth-order valence-electron chi connectivity index (χ4n) is 3.19. The number of amides is 2. The van der Waals surface area contributed by atoms with Crippen molar-refractivity contribution >= 4 is 17.4 Å². The van der Waals surface area contributed by atoms with Crippen molar-refractivity contribution in [2.24, 2.45) is 0 Å². The predicted octanol–water partition coefficient (Wildman–Crippen LogP) is 6.64. The summed E-state index contributed by atoms with van der Waals surface area (Å²) in [7, 11) is 0. The maximum absolute atomic E-state index is 12.8. The Morgan fingerprint density at radius 2 is 1.38 bits per heavy atom. The fourth-order valence-corrected chi connectivity index (χ4v) is 3.19. The van der Waals surface area contributed by atoms with Gasteiger partial charge in [0.05, 0.1) is 22.5 Å². The van der Waals surface area contributed by atoms with E-state index in [2.05, 4.69) is 20.8 Å². The van der Waals surface area contributed by atoms with E-state index in [1.165, 1.54) is 12.1 Å². The molecular formula is C21H16F6N4O. The molecule has 168 valence electrons. The molecule has 1 fully saturated rings. The maximum atomic E-state index is 12.8. The van der Waals surface area contributed by atoms with Gasteiger partial charge in [0, 0.05) is 17.2 Å². The van der Waals surface area contributed by atoms with Gasteiger partial charge in [0.25, 0.3) is 0 Å². The summed E-state index contributed by atoms with van der Waals surface area (Å²) in [6.07, 6.45) is -7.24. The van der Waals surface area contributed by atoms with Crippen LogP contribution in [0.4, 0.5) is 42.5 Å². The molecule has 0 bridgehead atoms. The lowest BCUT2D eigenvalue weighted by Gasteiger charge is -2.12. The number of hydrogen-bond donors (Lipinski definition) is 3. The van der Waals surface area contributed by atoms with Crippen LogP contribution in [-0.4, -0.2) is 16.2 Å². The van der Waals surface area contributed by atoms with Gasteiger partial charge in [-0.15, -0.1) is 0 Å². The van der Waals surface area contributed by atoms with E-state index in [0.29, 0.717) is 16.9 Å². The van der Waals surface area contributed by atoms with Crippen LogP contribution in [0.15, 0.2) is 48.5 Å². The zero-order valence-corrected chi connectivity index (χ0v) is 16.2. The summed E-state index contributed by atoms with van der Waals surface area (Å²) in [4.78, 5) is 12.5. The van der Waals surface area contributed by atoms with Crippen molar-refractivity contribution in [2.45, 2.75) is 31.1 Å². The van der Waals surface area contributed by atoms with Crippen molar-refractivity contribution in [2.75, 3.05) is 10.6 Å². The molecule has 3 N–H and O–H groups in total. The normalized spacial score (nSPS) is 14.3. The number of aromatic nitrogens is 2. The molecular weight excluding hydrogens is 438 g/mol. The first-order chi connectivity index (χ1) is 15.0. The van der Waals surface area contributed by atoms with E-state index in [4.69, 9.17) is 0 Å². The molecule has 1 saturated carbocycles. The van der Waals surface area contributed by atoms with Gasteiger partial charge in [-0.05, 0) is 49.2 Å². The topological polar surface area (TPSA) is 69.8 Å². The van der Waals surface area contributed by atoms with Gasteiger partial charge < -0.3 is 10.6 Å². The Morgan fingerprint density at radius 1 is 0.844 bits per heavy atom. The second kappa shape index (κ2) is 7.88. The first-order valence-electron chi connectivity index (χ1n) is 9.53. The van der Waals surface area contributed by atoms with Crippen molar-refractivity contribution in [3.8, 4) is 11.3 Å². The third kappa shape index (κ3) is 4.71. The first-order valence-corrected chi connectivity index (χ1v) is 9.53. The van der Waals surface area contributed by atoms with E-state index >= 15 is 0 Å². The average molecular weight is 454 g/mol. The molecule has 1 heterocycles. The van der Waals surface area contributed by atoms with Crippen LogP contribution >= 0.6 is 0 Å². The zero-order chi connectivity index (χ0) is 23.1. The summed E-state index contributed by atoms with van der Waals surface area (Å²) in [6, 6.07) is 7.57. The highest BCUT2D eigenvalue weighted by molar-refractivity contribution is 6.02. The van der Waals surface area contributed by atoms with Crippen LogP contribution in [0.1, 0.15) is 35.6 Å². The predicted molar refractivity (Wildman–Crippen MR) is 105 cm³/mol. The summed E-state index contributed by atoms with van der Waals surface area (Å²) >= 11 is 0. The van der Waals surface area contributed by atoms with Crippen LogP contribution in [0.2, 0.25) is 0 Å². The number of hydrogen-bond acceptors (Lipinski definition) is 2. The van der Waals surface area contributed by atoms with Gasteiger partial charge in [-0.25, -0.2) is 4.79 Å². The van der Waals surface area contributed by atoms with Crippen molar-refractivity contribution in [1.82, 2.24) is 10.2 Å². The molecule has 0 radical (unpaired) electrons. The minimum Gasteiger partial charge on any atom is -0.308 e. The number of urea groups is 1. The van der Waals surface area contributed by atoms with E-state index in [-0.39, 0.29) is 17.3 Å². The summed E-state index contributed by atoms with van der Waals surface area (Å²) < 4.78 is 76.6. The van der Waals surface area contributed by atoms with Gasteiger partial charge in [0.15, 0.2) is 0 Å². The number of carbonyl (C=O) groups is 1. The van der Waals surface area contributed by atoms with Crippen LogP contribution in [0, 0.1) is 0 Å². The Bertz CT molecular complexity index is 1110. The number of nitrogens with zero attached hydrogens (tertiary/aromatic N) is 1. The molecule has 1 aliphatic rings. The second-order valence-corrected chi connectivity index (χ2v) is 7.36. The molecule has 0 spiro atoms. The van der Waals surface area contributed by atoms with E-state index in [9.17, 15) is 31.1 Å². The Labute approximate surface area is 177 Å². The molecule has 2 amide bonds. The molecule has 0 saturated heterocycles. The van der Waals surface area contributed by atoms with Crippen molar-refractivity contribution in [1.29, 1.82) is 0 Å². The number of H-pyrrole nitrogens is 1. The van der Waals surface area contributed by atoms with Crippen LogP contribution in [0.5, 0.6) is 0 Å². The highest BCUT2D eigenvalue weighted by atomic mass is 19.4. The Kier molecular flexibility index (Phi) is 5.35. The molecule has 4 rings (SSSR count). The molecule has 2 aromatic carbocycles. The third-order valence-corrected chi connectivity index (χ3v) is 4.97. The van der Waals surface area contributed by atoms with E-state index in [1.807, 2.05) is 0 Å². The molecule has 0 unspecified atom stereocenters. The molecule has 32 heavy (non-hydrogen) atoms. The lowest BCUT2D eigenvalue weighted by molar-refractivity contribution is -0.138. The van der Waals surface area contributed by atoms with Crippen LogP contribution < -0.4 is 10.6 Å². The highest BCUT2D eigenvalue weighted by Crippen LogP contribution is 2.45. The highest BCUT2D eigenvalue weighted by Gasteiger charge is 2.33. The van der Waals surface area contributed by atoms with Gasteiger partial charge in [-0.1, -0.05) is 12.1 Å². The van der Waals surface area contributed by atoms with Gasteiger partial charge in [0.2, 0.25) is 0 Å². The monoisotopic (exact) mass is 454 g/mol. The van der Waals surface area contributed by atoms with Crippen molar-refractivity contribution in [3.05, 3.63) is 65.4 Å². The summed E-state index contributed by atoms with van der Waals surface area (Å²) in [6.45, 7) is 0. The van der Waals surface area contributed by atoms with Gasteiger partial charge in [0.1, 0.15) is 5.69 Å². The largest absolute Gasteiger partial charge is 0.416 e. The minimum absolute atomic E-state index is 0.132. The molecule has 0 aliphatic heterocycles. The van der Waals surface area contributed by atoms with E-state index < -0.39 is 29.5 Å². The molecule has 5 nitrogen and oxygen atoms in total. The number of carbonyl (C=O) groups excluding carboxylic acids is 1. The van der Waals surface area contributed by atoms with Crippen molar-refractivity contribution < 1.29 is 31.1 Å². The number of rotatable bonds is 4. The number of anilines is 2. The number of alkyl halides is 6. The van der Waals surface area contributed by atoms with E-state index in [0.717, 1.165) is 49.2 Å². The maximum Gasteiger partial charge on any atom is 0.416 e. The summed E-state index contributed by atoms with van der Waals surface area (Å²) in [5.41, 5.74) is 0.0732. The molecule has 1 aliphatic carbocycles. The first kappa shape index (κ1) is 21.7. The number of aromatic amines is 1. The average Bonchev–Trinajstić information content (AvgIpc) is 3.48. The lowest BCUT2D eigenvalue weighted by atomic mass is 10.1. The minimum atomic E-state index is -4.49. The molecule has 11 heteroatoms. The number of halogens is 6. The van der Waals surface area contributed by atoms with Crippen LogP contribution in [-0.2, 0) is 12.4 Å². The summed E-state index contributed by atoms with van der Waals surface area (Å²) in [5.74, 6) is 0.132. The number of benzene rings is 2. The fraction of sp³-hybridized carbons (Fsp3) is 0.238. The van der Waals surface area contributed by atoms with Crippen LogP contribution in [0.3, 0.4) is 0 Å². The second-order valence-electron chi connectivity index (χ2n) is 7.36. The molecule has 0 atom stereocenters. The van der Waals surface area contributed by atoms with Gasteiger partial charge >= 0.3 is 18.4 Å². The SMILES string of the molecule is O=C(Nc1ccc(C(F)(F)F)cc1)Nc1c(-c2ccc(C(F)(F)F)cc2)n[nH]c1C1CC1. The molecule has 1 aromatic heterocycles. The lowest BCUT2D eigenvalue weighted by Crippen LogP contribution is -2.20. The van der Waals surface area contributed by atoms with Gasteiger partial charge in [-0.2, -0.15) is 31.4 Å².